The Balaban J connectivity index is 1.65. The molecule has 4 nitrogen and oxygen atoms in total. The number of fused-ring (bicyclic) bond motifs is 2. The van der Waals surface area contributed by atoms with Gasteiger partial charge in [0.1, 0.15) is 5.75 Å². The molecular weight excluding hydrogens is 580 g/mol. The topological polar surface area (TPSA) is 52.6 Å². The zero-order valence-electron chi connectivity index (χ0n) is 21.8. The molecule has 6 aromatic carbocycles. The van der Waals surface area contributed by atoms with Gasteiger partial charge < -0.3 is 8.71 Å². The van der Waals surface area contributed by atoms with E-state index in [1.54, 1.807) is 30.3 Å². The van der Waals surface area contributed by atoms with Crippen molar-refractivity contribution in [3.05, 3.63) is 133 Å². The Morgan fingerprint density at radius 3 is 1.45 bits per heavy atom. The summed E-state index contributed by atoms with van der Waals surface area (Å²) in [6, 6.07) is 40.1. The van der Waals surface area contributed by atoms with Crippen molar-refractivity contribution < 1.29 is 30.3 Å². The van der Waals surface area contributed by atoms with Gasteiger partial charge in [0.15, 0.2) is 13.9 Å². The van der Waals surface area contributed by atoms with Gasteiger partial charge >= 0.3 is 15.6 Å². The number of rotatable bonds is 7. The molecule has 0 unspecified atom stereocenters. The summed E-state index contributed by atoms with van der Waals surface area (Å²) < 4.78 is 76.7. The summed E-state index contributed by atoms with van der Waals surface area (Å²) in [4.78, 5) is 0. The van der Waals surface area contributed by atoms with Crippen molar-refractivity contribution in [2.75, 3.05) is 0 Å². The normalized spacial score (nSPS) is 12.1. The number of hydrogen-bond acceptors (Lipinski definition) is 4. The molecule has 0 radical (unpaired) electrons. The zero-order valence-corrected chi connectivity index (χ0v) is 23.5. The standard InChI is InChI=1S/C33H22F3O4PS/c34-33(35,36)42(37,38)40-30-22-20-24-12-8-10-18-28(24)32(30)31-27-17-9-7-11-23(27)19-21-29(31)39-41(25-13-3-1-4-14-25)26-15-5-2-6-16-26/h1-22H. The van der Waals surface area contributed by atoms with E-state index in [4.69, 9.17) is 8.71 Å². The van der Waals surface area contributed by atoms with Gasteiger partial charge in [-0.25, -0.2) is 0 Å². The first-order valence-corrected chi connectivity index (χ1v) is 15.5. The highest BCUT2D eigenvalue weighted by Gasteiger charge is 2.49. The summed E-state index contributed by atoms with van der Waals surface area (Å²) in [6.07, 6.45) is 0. The van der Waals surface area contributed by atoms with E-state index in [0.29, 0.717) is 27.5 Å². The van der Waals surface area contributed by atoms with E-state index in [0.717, 1.165) is 16.0 Å². The fraction of sp³-hybridized carbons (Fsp3) is 0.0303. The summed E-state index contributed by atoms with van der Waals surface area (Å²) in [6.45, 7) is 0. The lowest BCUT2D eigenvalue weighted by atomic mass is 9.92. The molecule has 0 atom stereocenters. The van der Waals surface area contributed by atoms with Crippen LogP contribution in [0.4, 0.5) is 13.2 Å². The highest BCUT2D eigenvalue weighted by Crippen LogP contribution is 2.49. The lowest BCUT2D eigenvalue weighted by Crippen LogP contribution is -2.28. The highest BCUT2D eigenvalue weighted by atomic mass is 32.2. The average Bonchev–Trinajstić information content (AvgIpc) is 3.00. The zero-order chi connectivity index (χ0) is 29.3. The van der Waals surface area contributed by atoms with Gasteiger partial charge in [0.25, 0.3) is 0 Å². The SMILES string of the molecule is O=S(=O)(Oc1ccc2ccccc2c1-c1c(OP(c2ccccc2)c2ccccc2)ccc2ccccc12)C(F)(F)F. The summed E-state index contributed by atoms with van der Waals surface area (Å²) in [5, 5.41) is 4.50. The fourth-order valence-corrected chi connectivity index (χ4v) is 7.02. The van der Waals surface area contributed by atoms with Gasteiger partial charge in [0, 0.05) is 21.7 Å². The summed E-state index contributed by atoms with van der Waals surface area (Å²) in [7, 11) is -7.39. The first kappa shape index (κ1) is 27.8. The summed E-state index contributed by atoms with van der Waals surface area (Å²) in [5.74, 6) is -0.0749. The lowest BCUT2D eigenvalue weighted by Gasteiger charge is -2.24. The second-order valence-electron chi connectivity index (χ2n) is 9.36. The Hall–Kier alpha value is -4.39. The molecule has 0 saturated heterocycles. The lowest BCUT2D eigenvalue weighted by molar-refractivity contribution is -0.0499. The van der Waals surface area contributed by atoms with Crippen LogP contribution in [0.25, 0.3) is 32.7 Å². The predicted octanol–water partition coefficient (Wildman–Crippen LogP) is 8.32. The molecule has 0 aromatic heterocycles. The molecule has 0 N–H and O–H groups in total. The molecular formula is C33H22F3O4PS. The molecule has 0 fully saturated rings. The smallest absolute Gasteiger partial charge is 0.464 e. The molecule has 9 heteroatoms. The van der Waals surface area contributed by atoms with Crippen molar-refractivity contribution in [2.45, 2.75) is 5.51 Å². The maximum Gasteiger partial charge on any atom is 0.534 e. The fourth-order valence-electron chi connectivity index (χ4n) is 4.81. The van der Waals surface area contributed by atoms with Crippen molar-refractivity contribution >= 4 is 50.4 Å². The van der Waals surface area contributed by atoms with Gasteiger partial charge in [-0.15, -0.1) is 0 Å². The van der Waals surface area contributed by atoms with Gasteiger partial charge in [-0.1, -0.05) is 121 Å². The number of halogens is 3. The van der Waals surface area contributed by atoms with Crippen LogP contribution >= 0.6 is 8.15 Å². The van der Waals surface area contributed by atoms with Crippen LogP contribution in [0.2, 0.25) is 0 Å². The molecule has 42 heavy (non-hydrogen) atoms. The van der Waals surface area contributed by atoms with Gasteiger partial charge in [-0.2, -0.15) is 21.6 Å². The number of alkyl halides is 3. The molecule has 0 saturated carbocycles. The number of hydrogen-bond donors (Lipinski definition) is 0. The van der Waals surface area contributed by atoms with E-state index >= 15 is 0 Å². The van der Waals surface area contributed by atoms with E-state index < -0.39 is 29.5 Å². The Labute approximate surface area is 241 Å². The van der Waals surface area contributed by atoms with Crippen LogP contribution in [-0.4, -0.2) is 13.9 Å². The molecule has 0 spiro atoms. The van der Waals surface area contributed by atoms with Crippen molar-refractivity contribution in [3.63, 3.8) is 0 Å². The average molecular weight is 603 g/mol. The monoisotopic (exact) mass is 602 g/mol. The second-order valence-corrected chi connectivity index (χ2v) is 12.7. The Kier molecular flexibility index (Phi) is 7.35. The second kappa shape index (κ2) is 11.1. The molecule has 0 aliphatic rings. The van der Waals surface area contributed by atoms with E-state index in [1.807, 2.05) is 91.0 Å². The molecule has 0 heterocycles. The number of benzene rings is 6. The maximum atomic E-state index is 13.5. The van der Waals surface area contributed by atoms with Crippen LogP contribution in [-0.2, 0) is 10.1 Å². The van der Waals surface area contributed by atoms with Crippen LogP contribution in [0.15, 0.2) is 133 Å². The van der Waals surface area contributed by atoms with Crippen molar-refractivity contribution in [1.29, 1.82) is 0 Å². The third-order valence-corrected chi connectivity index (χ3v) is 9.57. The van der Waals surface area contributed by atoms with Crippen LogP contribution in [0.3, 0.4) is 0 Å². The van der Waals surface area contributed by atoms with Crippen molar-refractivity contribution in [1.82, 2.24) is 0 Å². The first-order chi connectivity index (χ1) is 20.2. The van der Waals surface area contributed by atoms with Crippen LogP contribution < -0.4 is 19.3 Å². The molecule has 6 aromatic rings. The van der Waals surface area contributed by atoms with Gasteiger partial charge in [-0.05, 0) is 33.7 Å². The van der Waals surface area contributed by atoms with Crippen molar-refractivity contribution in [2.24, 2.45) is 0 Å². The molecule has 0 aliphatic carbocycles. The van der Waals surface area contributed by atoms with Gasteiger partial charge in [-0.3, -0.25) is 0 Å². The van der Waals surface area contributed by atoms with Crippen LogP contribution in [0.5, 0.6) is 11.5 Å². The minimum absolute atomic E-state index is 0.184. The van der Waals surface area contributed by atoms with E-state index in [2.05, 4.69) is 0 Å². The minimum atomic E-state index is -5.96. The van der Waals surface area contributed by atoms with Crippen LogP contribution in [0, 0.1) is 0 Å². The van der Waals surface area contributed by atoms with E-state index in [9.17, 15) is 21.6 Å². The third kappa shape index (κ3) is 5.31. The molecule has 6 rings (SSSR count). The van der Waals surface area contributed by atoms with Gasteiger partial charge in [0.2, 0.25) is 0 Å². The quantitative estimate of drug-likeness (QED) is 0.105. The predicted molar refractivity (Wildman–Crippen MR) is 162 cm³/mol. The Morgan fingerprint density at radius 1 is 0.524 bits per heavy atom. The van der Waals surface area contributed by atoms with E-state index in [-0.39, 0.29) is 5.56 Å². The largest absolute Gasteiger partial charge is 0.534 e. The highest BCUT2D eigenvalue weighted by molar-refractivity contribution is 7.88. The molecule has 0 aliphatic heterocycles. The van der Waals surface area contributed by atoms with Crippen molar-refractivity contribution in [3.8, 4) is 22.6 Å². The van der Waals surface area contributed by atoms with Gasteiger partial charge in [0.05, 0.1) is 0 Å². The summed E-state index contributed by atoms with van der Waals surface area (Å²) in [5.41, 5.74) is -5.00. The molecule has 0 bridgehead atoms. The third-order valence-electron chi connectivity index (χ3n) is 6.69. The maximum absolute atomic E-state index is 13.5. The molecule has 0 amide bonds. The molecule has 210 valence electrons. The van der Waals surface area contributed by atoms with Crippen LogP contribution in [0.1, 0.15) is 0 Å². The Bertz CT molecular complexity index is 1960. The summed E-state index contributed by atoms with van der Waals surface area (Å²) >= 11 is 0. The first-order valence-electron chi connectivity index (χ1n) is 12.9. The Morgan fingerprint density at radius 2 is 0.952 bits per heavy atom. The van der Waals surface area contributed by atoms with E-state index in [1.165, 1.54) is 12.1 Å². The minimum Gasteiger partial charge on any atom is -0.464 e.